The number of hydrogen-bond acceptors (Lipinski definition) is 2. The van der Waals surface area contributed by atoms with E-state index in [2.05, 4.69) is 13.8 Å². The molecule has 2 aromatic carbocycles. The zero-order chi connectivity index (χ0) is 18.1. The molecule has 0 aromatic heterocycles. The second-order valence-electron chi connectivity index (χ2n) is 6.71. The van der Waals surface area contributed by atoms with Gasteiger partial charge in [0.1, 0.15) is 0 Å². The highest BCUT2D eigenvalue weighted by Gasteiger charge is 2.18. The standard InChI is InChI=1S/C22H30O2S/c1-3-5-7-11-19-13-9-15-21(17-19)25(23,24)22-16-10-14-20(18-22)12-8-6-4-2/h9-10,13-18H,3-8,11-12H2,1-2H3. The van der Waals surface area contributed by atoms with Gasteiger partial charge < -0.3 is 0 Å². The maximum atomic E-state index is 13.0. The summed E-state index contributed by atoms with van der Waals surface area (Å²) in [6, 6.07) is 14.9. The Balaban J connectivity index is 2.20. The summed E-state index contributed by atoms with van der Waals surface area (Å²) in [6.45, 7) is 4.35. The Hall–Kier alpha value is -1.61. The number of hydrogen-bond donors (Lipinski definition) is 0. The Morgan fingerprint density at radius 1 is 0.680 bits per heavy atom. The third-order valence-corrected chi connectivity index (χ3v) is 6.30. The van der Waals surface area contributed by atoms with E-state index in [-0.39, 0.29) is 0 Å². The van der Waals surface area contributed by atoms with Crippen LogP contribution in [0.1, 0.15) is 63.5 Å². The molecule has 0 amide bonds. The molecule has 0 atom stereocenters. The summed E-state index contributed by atoms with van der Waals surface area (Å²) in [4.78, 5) is 0.819. The van der Waals surface area contributed by atoms with Gasteiger partial charge in [-0.2, -0.15) is 0 Å². The molecule has 0 radical (unpaired) electrons. The van der Waals surface area contributed by atoms with Crippen molar-refractivity contribution in [2.24, 2.45) is 0 Å². The van der Waals surface area contributed by atoms with Crippen LogP contribution in [0.4, 0.5) is 0 Å². The van der Waals surface area contributed by atoms with Gasteiger partial charge in [-0.25, -0.2) is 8.42 Å². The second-order valence-corrected chi connectivity index (χ2v) is 8.66. The van der Waals surface area contributed by atoms with Crippen molar-refractivity contribution in [1.82, 2.24) is 0 Å². The van der Waals surface area contributed by atoms with Crippen LogP contribution in [-0.4, -0.2) is 8.42 Å². The number of aryl methyl sites for hydroxylation is 2. The molecular weight excluding hydrogens is 328 g/mol. The number of sulfone groups is 1. The summed E-state index contributed by atoms with van der Waals surface area (Å²) >= 11 is 0. The second kappa shape index (κ2) is 9.76. The SMILES string of the molecule is CCCCCc1cccc(S(=O)(=O)c2cccc(CCCCC)c2)c1. The van der Waals surface area contributed by atoms with Gasteiger partial charge in [-0.05, 0) is 61.1 Å². The molecule has 0 saturated carbocycles. The molecule has 2 nitrogen and oxygen atoms in total. The van der Waals surface area contributed by atoms with E-state index in [1.165, 1.54) is 25.7 Å². The van der Waals surface area contributed by atoms with Crippen LogP contribution in [0.2, 0.25) is 0 Å². The van der Waals surface area contributed by atoms with Crippen molar-refractivity contribution < 1.29 is 8.42 Å². The third-order valence-electron chi connectivity index (χ3n) is 4.56. The van der Waals surface area contributed by atoms with Gasteiger partial charge in [-0.15, -0.1) is 0 Å². The molecule has 0 aliphatic carbocycles. The minimum absolute atomic E-state index is 0.409. The third kappa shape index (κ3) is 5.71. The smallest absolute Gasteiger partial charge is 0.206 e. The van der Waals surface area contributed by atoms with E-state index in [4.69, 9.17) is 0 Å². The van der Waals surface area contributed by atoms with Gasteiger partial charge in [0.25, 0.3) is 0 Å². The van der Waals surface area contributed by atoms with Crippen LogP contribution in [0.3, 0.4) is 0 Å². The van der Waals surface area contributed by atoms with Crippen molar-refractivity contribution in [1.29, 1.82) is 0 Å². The number of benzene rings is 2. The summed E-state index contributed by atoms with van der Waals surface area (Å²) in [6.07, 6.45) is 8.78. The van der Waals surface area contributed by atoms with Crippen molar-refractivity contribution in [3.8, 4) is 0 Å². The minimum Gasteiger partial charge on any atom is -0.219 e. The monoisotopic (exact) mass is 358 g/mol. The van der Waals surface area contributed by atoms with Crippen LogP contribution in [0.5, 0.6) is 0 Å². The van der Waals surface area contributed by atoms with Crippen molar-refractivity contribution in [3.63, 3.8) is 0 Å². The van der Waals surface area contributed by atoms with Crippen LogP contribution in [-0.2, 0) is 22.7 Å². The highest BCUT2D eigenvalue weighted by Crippen LogP contribution is 2.23. The van der Waals surface area contributed by atoms with E-state index in [0.717, 1.165) is 36.8 Å². The molecule has 0 N–H and O–H groups in total. The zero-order valence-electron chi connectivity index (χ0n) is 15.5. The van der Waals surface area contributed by atoms with E-state index in [1.807, 2.05) is 36.4 Å². The number of unbranched alkanes of at least 4 members (excludes halogenated alkanes) is 4. The van der Waals surface area contributed by atoms with Crippen LogP contribution in [0.25, 0.3) is 0 Å². The molecule has 0 heterocycles. The van der Waals surface area contributed by atoms with Crippen LogP contribution >= 0.6 is 0 Å². The molecule has 0 fully saturated rings. The minimum atomic E-state index is -3.45. The van der Waals surface area contributed by atoms with E-state index in [1.54, 1.807) is 12.1 Å². The maximum Gasteiger partial charge on any atom is 0.206 e. The van der Waals surface area contributed by atoms with Crippen LogP contribution < -0.4 is 0 Å². The first-order valence-electron chi connectivity index (χ1n) is 9.51. The lowest BCUT2D eigenvalue weighted by Crippen LogP contribution is -2.03. The van der Waals surface area contributed by atoms with Gasteiger partial charge >= 0.3 is 0 Å². The Labute approximate surface area is 153 Å². The molecule has 3 heteroatoms. The summed E-state index contributed by atoms with van der Waals surface area (Å²) in [5, 5.41) is 0. The van der Waals surface area contributed by atoms with Gasteiger partial charge in [0.2, 0.25) is 9.84 Å². The normalized spacial score (nSPS) is 11.6. The van der Waals surface area contributed by atoms with Gasteiger partial charge in [-0.3, -0.25) is 0 Å². The molecule has 0 aliphatic heterocycles. The molecule has 0 bridgehead atoms. The maximum absolute atomic E-state index is 13.0. The van der Waals surface area contributed by atoms with E-state index in [9.17, 15) is 8.42 Å². The quantitative estimate of drug-likeness (QED) is 0.489. The molecular formula is C22H30O2S. The number of rotatable bonds is 10. The summed E-state index contributed by atoms with van der Waals surface area (Å²) in [7, 11) is -3.45. The molecule has 25 heavy (non-hydrogen) atoms. The van der Waals surface area contributed by atoms with Crippen molar-refractivity contribution in [2.75, 3.05) is 0 Å². The molecule has 2 rings (SSSR count). The van der Waals surface area contributed by atoms with Crippen LogP contribution in [0.15, 0.2) is 58.3 Å². The summed E-state index contributed by atoms with van der Waals surface area (Å²) < 4.78 is 26.0. The fourth-order valence-electron chi connectivity index (χ4n) is 3.03. The molecule has 0 spiro atoms. The average molecular weight is 359 g/mol. The predicted molar refractivity (Wildman–Crippen MR) is 105 cm³/mol. The van der Waals surface area contributed by atoms with Gasteiger partial charge in [0, 0.05) is 0 Å². The molecule has 0 unspecified atom stereocenters. The van der Waals surface area contributed by atoms with Crippen LogP contribution in [0, 0.1) is 0 Å². The Kier molecular flexibility index (Phi) is 7.70. The fraction of sp³-hybridized carbons (Fsp3) is 0.455. The first kappa shape index (κ1) is 19.7. The molecule has 0 aliphatic rings. The summed E-state index contributed by atoms with van der Waals surface area (Å²) in [5.74, 6) is 0. The topological polar surface area (TPSA) is 34.1 Å². The lowest BCUT2D eigenvalue weighted by Gasteiger charge is -2.09. The van der Waals surface area contributed by atoms with Crippen molar-refractivity contribution >= 4 is 9.84 Å². The lowest BCUT2D eigenvalue weighted by atomic mass is 10.1. The lowest BCUT2D eigenvalue weighted by molar-refractivity contribution is 0.595. The molecule has 136 valence electrons. The average Bonchev–Trinajstić information content (AvgIpc) is 2.63. The largest absolute Gasteiger partial charge is 0.219 e. The Morgan fingerprint density at radius 2 is 1.12 bits per heavy atom. The van der Waals surface area contributed by atoms with Crippen molar-refractivity contribution in [3.05, 3.63) is 59.7 Å². The van der Waals surface area contributed by atoms with Gasteiger partial charge in [0.05, 0.1) is 9.79 Å². The molecule has 0 saturated heterocycles. The predicted octanol–water partition coefficient (Wildman–Crippen LogP) is 5.98. The van der Waals surface area contributed by atoms with Crippen molar-refractivity contribution in [2.45, 2.75) is 75.0 Å². The van der Waals surface area contributed by atoms with E-state index < -0.39 is 9.84 Å². The first-order chi connectivity index (χ1) is 12.1. The fourth-order valence-corrected chi connectivity index (χ4v) is 4.43. The zero-order valence-corrected chi connectivity index (χ0v) is 16.3. The van der Waals surface area contributed by atoms with Gasteiger partial charge in [0.15, 0.2) is 0 Å². The first-order valence-corrected chi connectivity index (χ1v) is 11.0. The highest BCUT2D eigenvalue weighted by atomic mass is 32.2. The Bertz CT molecular complexity index is 704. The molecule has 2 aromatic rings. The van der Waals surface area contributed by atoms with Gasteiger partial charge in [-0.1, -0.05) is 63.8 Å². The van der Waals surface area contributed by atoms with E-state index >= 15 is 0 Å². The summed E-state index contributed by atoms with van der Waals surface area (Å²) in [5.41, 5.74) is 2.21. The van der Waals surface area contributed by atoms with E-state index in [0.29, 0.717) is 9.79 Å². The highest BCUT2D eigenvalue weighted by molar-refractivity contribution is 7.91. The Morgan fingerprint density at radius 3 is 1.52 bits per heavy atom.